The fourth-order valence-corrected chi connectivity index (χ4v) is 3.46. The van der Waals surface area contributed by atoms with Crippen molar-refractivity contribution in [3.05, 3.63) is 93.7 Å². The molecule has 0 saturated heterocycles. The van der Waals surface area contributed by atoms with Crippen molar-refractivity contribution in [3.8, 4) is 11.5 Å². The first kappa shape index (κ1) is 16.4. The molecule has 0 aliphatic carbocycles. The minimum atomic E-state index is -0.323. The topological polar surface area (TPSA) is 35.5 Å². The second kappa shape index (κ2) is 7.02. The summed E-state index contributed by atoms with van der Waals surface area (Å²) in [6.07, 6.45) is 3.64. The van der Waals surface area contributed by atoms with Gasteiger partial charge in [-0.05, 0) is 67.6 Å². The van der Waals surface area contributed by atoms with E-state index in [0.717, 1.165) is 21.9 Å². The summed E-state index contributed by atoms with van der Waals surface area (Å²) in [4.78, 5) is 14.4. The number of aryl methyl sites for hydroxylation is 1. The Kier molecular flexibility index (Phi) is 4.42. The molecule has 0 saturated carbocycles. The zero-order chi connectivity index (χ0) is 17.9. The molecule has 1 aliphatic heterocycles. The lowest BCUT2D eigenvalue weighted by molar-refractivity contribution is -0.130. The van der Waals surface area contributed by atoms with E-state index in [0.29, 0.717) is 11.3 Å². The Bertz CT molecular complexity index is 995. The highest BCUT2D eigenvalue weighted by Gasteiger charge is 2.22. The first-order chi connectivity index (χ1) is 12.7. The monoisotopic (exact) mass is 360 g/mol. The number of rotatable bonds is 4. The number of esters is 1. The van der Waals surface area contributed by atoms with Gasteiger partial charge in [-0.2, -0.15) is 0 Å². The molecule has 2 heterocycles. The Balaban J connectivity index is 1.53. The van der Waals surface area contributed by atoms with Crippen molar-refractivity contribution in [2.75, 3.05) is 0 Å². The summed E-state index contributed by atoms with van der Waals surface area (Å²) < 4.78 is 11.2. The molecule has 0 spiro atoms. The molecule has 26 heavy (non-hydrogen) atoms. The lowest BCUT2D eigenvalue weighted by Crippen LogP contribution is -1.96. The Morgan fingerprint density at radius 3 is 2.35 bits per heavy atom. The molecule has 4 heteroatoms. The summed E-state index contributed by atoms with van der Waals surface area (Å²) in [7, 11) is 0. The SMILES string of the molecule is Cc1ccc(/C=C2\C=C(c3ccc(Oc4ccccc4)cc3)OC2=O)s1. The van der Waals surface area contributed by atoms with Crippen LogP contribution in [0.15, 0.2) is 78.4 Å². The highest BCUT2D eigenvalue weighted by Crippen LogP contribution is 2.30. The molecule has 0 amide bonds. The molecule has 4 rings (SSSR count). The predicted octanol–water partition coefficient (Wildman–Crippen LogP) is 5.83. The molecule has 2 aromatic carbocycles. The Morgan fingerprint density at radius 2 is 1.65 bits per heavy atom. The van der Waals surface area contributed by atoms with Gasteiger partial charge in [-0.15, -0.1) is 11.3 Å². The lowest BCUT2D eigenvalue weighted by atomic mass is 10.1. The van der Waals surface area contributed by atoms with Crippen LogP contribution in [-0.4, -0.2) is 5.97 Å². The van der Waals surface area contributed by atoms with Crippen LogP contribution in [0.1, 0.15) is 15.3 Å². The lowest BCUT2D eigenvalue weighted by Gasteiger charge is -2.06. The Labute approximate surface area is 155 Å². The maximum atomic E-state index is 12.1. The number of hydrogen-bond donors (Lipinski definition) is 0. The number of carbonyl (C=O) groups is 1. The van der Waals surface area contributed by atoms with Crippen molar-refractivity contribution in [3.63, 3.8) is 0 Å². The van der Waals surface area contributed by atoms with E-state index in [4.69, 9.17) is 9.47 Å². The fraction of sp³-hybridized carbons (Fsp3) is 0.0455. The molecule has 0 radical (unpaired) electrons. The number of cyclic esters (lactones) is 1. The Hall–Kier alpha value is -3.11. The smallest absolute Gasteiger partial charge is 0.343 e. The van der Waals surface area contributed by atoms with Gasteiger partial charge < -0.3 is 9.47 Å². The molecular weight excluding hydrogens is 344 g/mol. The van der Waals surface area contributed by atoms with E-state index in [1.165, 1.54) is 4.88 Å². The fourth-order valence-electron chi connectivity index (χ4n) is 2.63. The molecular formula is C22H16O3S. The first-order valence-electron chi connectivity index (χ1n) is 8.23. The quantitative estimate of drug-likeness (QED) is 0.434. The van der Waals surface area contributed by atoms with Crippen molar-refractivity contribution < 1.29 is 14.3 Å². The zero-order valence-corrected chi connectivity index (χ0v) is 15.0. The number of thiophene rings is 1. The van der Waals surface area contributed by atoms with E-state index in [9.17, 15) is 4.79 Å². The Morgan fingerprint density at radius 1 is 0.923 bits per heavy atom. The molecule has 1 aromatic heterocycles. The van der Waals surface area contributed by atoms with Gasteiger partial charge in [-0.25, -0.2) is 4.79 Å². The number of para-hydroxylation sites is 1. The first-order valence-corrected chi connectivity index (χ1v) is 9.04. The van der Waals surface area contributed by atoms with E-state index in [1.807, 2.05) is 79.7 Å². The van der Waals surface area contributed by atoms with Crippen molar-refractivity contribution in [1.82, 2.24) is 0 Å². The summed E-state index contributed by atoms with van der Waals surface area (Å²) in [6, 6.07) is 21.1. The molecule has 0 bridgehead atoms. The maximum absolute atomic E-state index is 12.1. The molecule has 0 atom stereocenters. The molecule has 0 unspecified atom stereocenters. The van der Waals surface area contributed by atoms with Crippen LogP contribution < -0.4 is 4.74 Å². The second-order valence-electron chi connectivity index (χ2n) is 5.89. The molecule has 3 nitrogen and oxygen atoms in total. The zero-order valence-electron chi connectivity index (χ0n) is 14.1. The summed E-state index contributed by atoms with van der Waals surface area (Å²) in [5.74, 6) is 1.74. The number of benzene rings is 2. The van der Waals surface area contributed by atoms with Crippen LogP contribution in [0.4, 0.5) is 0 Å². The van der Waals surface area contributed by atoms with Crippen molar-refractivity contribution >= 4 is 29.1 Å². The van der Waals surface area contributed by atoms with Gasteiger partial charge in [0.1, 0.15) is 17.3 Å². The second-order valence-corrected chi connectivity index (χ2v) is 7.21. The van der Waals surface area contributed by atoms with Gasteiger partial charge in [0.25, 0.3) is 0 Å². The van der Waals surface area contributed by atoms with Crippen LogP contribution in [0.25, 0.3) is 11.8 Å². The third-order valence-electron chi connectivity index (χ3n) is 3.90. The minimum absolute atomic E-state index is 0.323. The molecule has 0 N–H and O–H groups in total. The van der Waals surface area contributed by atoms with E-state index in [-0.39, 0.29) is 5.97 Å². The van der Waals surface area contributed by atoms with Crippen LogP contribution in [0.3, 0.4) is 0 Å². The van der Waals surface area contributed by atoms with Crippen LogP contribution in [-0.2, 0) is 9.53 Å². The van der Waals surface area contributed by atoms with Crippen molar-refractivity contribution in [2.45, 2.75) is 6.92 Å². The van der Waals surface area contributed by atoms with Crippen LogP contribution in [0, 0.1) is 6.92 Å². The third-order valence-corrected chi connectivity index (χ3v) is 4.85. The largest absolute Gasteiger partial charge is 0.457 e. The molecule has 3 aromatic rings. The van der Waals surface area contributed by atoms with Crippen LogP contribution in [0.5, 0.6) is 11.5 Å². The summed E-state index contributed by atoms with van der Waals surface area (Å²) in [5, 5.41) is 0. The van der Waals surface area contributed by atoms with Gasteiger partial charge in [0.15, 0.2) is 0 Å². The van der Waals surface area contributed by atoms with Crippen LogP contribution >= 0.6 is 11.3 Å². The predicted molar refractivity (Wildman–Crippen MR) is 104 cm³/mol. The van der Waals surface area contributed by atoms with Crippen molar-refractivity contribution in [1.29, 1.82) is 0 Å². The third kappa shape index (κ3) is 3.60. The minimum Gasteiger partial charge on any atom is -0.457 e. The number of ether oxygens (including phenoxy) is 2. The van der Waals surface area contributed by atoms with E-state index in [1.54, 1.807) is 17.4 Å². The average Bonchev–Trinajstić information content (AvgIpc) is 3.23. The van der Waals surface area contributed by atoms with E-state index in [2.05, 4.69) is 0 Å². The molecule has 128 valence electrons. The highest BCUT2D eigenvalue weighted by atomic mass is 32.1. The normalized spacial score (nSPS) is 15.0. The molecule has 0 fully saturated rings. The van der Waals surface area contributed by atoms with Gasteiger partial charge in [0.05, 0.1) is 5.57 Å². The van der Waals surface area contributed by atoms with Gasteiger partial charge in [0, 0.05) is 15.3 Å². The van der Waals surface area contributed by atoms with Crippen LogP contribution in [0.2, 0.25) is 0 Å². The van der Waals surface area contributed by atoms with E-state index < -0.39 is 0 Å². The number of hydrogen-bond acceptors (Lipinski definition) is 4. The summed E-state index contributed by atoms with van der Waals surface area (Å²) in [5.41, 5.74) is 1.40. The summed E-state index contributed by atoms with van der Waals surface area (Å²) >= 11 is 1.65. The van der Waals surface area contributed by atoms with Gasteiger partial charge >= 0.3 is 5.97 Å². The van der Waals surface area contributed by atoms with Gasteiger partial charge in [0.2, 0.25) is 0 Å². The summed E-state index contributed by atoms with van der Waals surface area (Å²) in [6.45, 7) is 2.04. The maximum Gasteiger partial charge on any atom is 0.343 e. The molecule has 1 aliphatic rings. The average molecular weight is 360 g/mol. The van der Waals surface area contributed by atoms with Gasteiger partial charge in [-0.3, -0.25) is 0 Å². The van der Waals surface area contributed by atoms with Gasteiger partial charge in [-0.1, -0.05) is 18.2 Å². The standard InChI is InChI=1S/C22H16O3S/c1-15-7-12-20(26-15)13-17-14-21(25-22(17)23)16-8-10-19(11-9-16)24-18-5-3-2-4-6-18/h2-14H,1H3/b17-13+. The number of carbonyl (C=O) groups excluding carboxylic acids is 1. The highest BCUT2D eigenvalue weighted by molar-refractivity contribution is 7.12. The van der Waals surface area contributed by atoms with E-state index >= 15 is 0 Å². The van der Waals surface area contributed by atoms with Crippen molar-refractivity contribution in [2.24, 2.45) is 0 Å².